The Kier molecular flexibility index (Phi) is 7.61. The van der Waals surface area contributed by atoms with Crippen LogP contribution in [0.2, 0.25) is 0 Å². The summed E-state index contributed by atoms with van der Waals surface area (Å²) in [5, 5.41) is 15.4. The van der Waals surface area contributed by atoms with Gasteiger partial charge < -0.3 is 9.84 Å². The summed E-state index contributed by atoms with van der Waals surface area (Å²) in [7, 11) is 0. The summed E-state index contributed by atoms with van der Waals surface area (Å²) < 4.78 is 5.27. The molecule has 0 radical (unpaired) electrons. The summed E-state index contributed by atoms with van der Waals surface area (Å²) >= 11 is 0. The van der Waals surface area contributed by atoms with E-state index in [0.29, 0.717) is 12.1 Å². The molecule has 1 saturated carbocycles. The van der Waals surface area contributed by atoms with Crippen LogP contribution in [0.15, 0.2) is 35.6 Å². The van der Waals surface area contributed by atoms with Crippen LogP contribution in [0.4, 0.5) is 0 Å². The molecule has 6 heteroatoms. The molecule has 2 rings (SSSR count). The molecule has 1 fully saturated rings. The Labute approximate surface area is 154 Å². The highest BCUT2D eigenvalue weighted by Gasteiger charge is 2.46. The van der Waals surface area contributed by atoms with Crippen LogP contribution in [0.25, 0.3) is 0 Å². The molecule has 0 bridgehead atoms. The zero-order chi connectivity index (χ0) is 18.8. The number of carbonyl (C=O) groups excluding carboxylic acids is 1. The van der Waals surface area contributed by atoms with Gasteiger partial charge in [-0.15, -0.1) is 4.91 Å². The lowest BCUT2D eigenvalue weighted by molar-refractivity contribution is -0.174. The minimum absolute atomic E-state index is 0.128. The summed E-state index contributed by atoms with van der Waals surface area (Å²) in [6, 6.07) is 8.99. The van der Waals surface area contributed by atoms with Gasteiger partial charge in [-0.25, -0.2) is 9.80 Å². The second-order valence-electron chi connectivity index (χ2n) is 6.46. The van der Waals surface area contributed by atoms with E-state index in [2.05, 4.69) is 17.1 Å². The smallest absolute Gasteiger partial charge is 0.344 e. The minimum atomic E-state index is -1.65. The molecule has 0 amide bonds. The van der Waals surface area contributed by atoms with Crippen molar-refractivity contribution in [1.29, 1.82) is 0 Å². The van der Waals surface area contributed by atoms with Gasteiger partial charge in [0, 0.05) is 12.5 Å². The van der Waals surface area contributed by atoms with E-state index in [1.165, 1.54) is 5.01 Å². The first kappa shape index (κ1) is 19.9. The van der Waals surface area contributed by atoms with Crippen LogP contribution in [0, 0.1) is 22.7 Å². The normalized spacial score (nSPS) is 16.7. The first-order valence-corrected chi connectivity index (χ1v) is 9.12. The van der Waals surface area contributed by atoms with Gasteiger partial charge in [-0.05, 0) is 25.3 Å². The average molecular weight is 358 g/mol. The predicted molar refractivity (Wildman–Crippen MR) is 98.7 cm³/mol. The predicted octanol–water partition coefficient (Wildman–Crippen LogP) is 3.00. The molecule has 1 N–H and O–H groups in total. The number of aliphatic hydroxyl groups is 1. The summed E-state index contributed by atoms with van der Waals surface area (Å²) in [4.78, 5) is 23.2. The Hall–Kier alpha value is -2.39. The van der Waals surface area contributed by atoms with Crippen molar-refractivity contribution in [3.63, 3.8) is 0 Å². The summed E-state index contributed by atoms with van der Waals surface area (Å²) in [6.45, 7) is 2.32. The third kappa shape index (κ3) is 4.83. The van der Waals surface area contributed by atoms with Crippen LogP contribution >= 0.6 is 0 Å². The van der Waals surface area contributed by atoms with Crippen LogP contribution in [0.1, 0.15) is 44.6 Å². The average Bonchev–Trinajstić information content (AvgIpc) is 2.71. The molecule has 0 aliphatic heterocycles. The first-order valence-electron chi connectivity index (χ1n) is 9.12. The molecule has 0 saturated heterocycles. The van der Waals surface area contributed by atoms with Gasteiger partial charge in [0.05, 0.1) is 5.29 Å². The maximum absolute atomic E-state index is 12.8. The van der Waals surface area contributed by atoms with Gasteiger partial charge in [0.2, 0.25) is 0 Å². The Bertz CT molecular complexity index is 647. The molecule has 1 unspecified atom stereocenters. The number of carbonyl (C=O) groups is 1. The van der Waals surface area contributed by atoms with Crippen molar-refractivity contribution in [3.05, 3.63) is 40.8 Å². The highest BCUT2D eigenvalue weighted by Crippen LogP contribution is 2.40. The molecule has 1 aliphatic rings. The van der Waals surface area contributed by atoms with E-state index in [9.17, 15) is 14.8 Å². The number of ether oxygens (including phenoxy) is 1. The second kappa shape index (κ2) is 9.93. The van der Waals surface area contributed by atoms with Gasteiger partial charge in [-0.3, -0.25) is 0 Å². The van der Waals surface area contributed by atoms with Crippen LogP contribution in [0.5, 0.6) is 0 Å². The Balaban J connectivity index is 2.07. The molecule has 26 heavy (non-hydrogen) atoms. The Morgan fingerprint density at radius 3 is 2.58 bits per heavy atom. The molecule has 1 aromatic carbocycles. The van der Waals surface area contributed by atoms with Crippen molar-refractivity contribution in [2.45, 2.75) is 44.6 Å². The van der Waals surface area contributed by atoms with E-state index in [4.69, 9.17) is 4.74 Å². The largest absolute Gasteiger partial charge is 0.450 e. The van der Waals surface area contributed by atoms with Gasteiger partial charge in [-0.1, -0.05) is 61.4 Å². The van der Waals surface area contributed by atoms with E-state index in [1.807, 2.05) is 18.2 Å². The van der Waals surface area contributed by atoms with Gasteiger partial charge in [0.1, 0.15) is 6.54 Å². The number of hydrogen-bond acceptors (Lipinski definition) is 5. The molecule has 1 atom stereocenters. The quantitative estimate of drug-likeness (QED) is 0.351. The van der Waals surface area contributed by atoms with Gasteiger partial charge in [0.15, 0.2) is 12.2 Å². The minimum Gasteiger partial charge on any atom is -0.450 e. The lowest BCUT2D eigenvalue weighted by atomic mass is 9.73. The third-order valence-electron chi connectivity index (χ3n) is 4.86. The molecule has 1 aromatic rings. The lowest BCUT2D eigenvalue weighted by Gasteiger charge is -2.36. The van der Waals surface area contributed by atoms with Crippen LogP contribution < -0.4 is 0 Å². The zero-order valence-corrected chi connectivity index (χ0v) is 15.2. The SMILES string of the molecule is CCN(CC#CCOC(=O)C(O)(c1ccccc1)C1CCCCC1)N=O. The van der Waals surface area contributed by atoms with Gasteiger partial charge >= 0.3 is 5.97 Å². The van der Waals surface area contributed by atoms with Gasteiger partial charge in [0.25, 0.3) is 0 Å². The molecular weight excluding hydrogens is 332 g/mol. The first-order chi connectivity index (χ1) is 12.6. The Morgan fingerprint density at radius 2 is 1.96 bits per heavy atom. The maximum Gasteiger partial charge on any atom is 0.344 e. The fraction of sp³-hybridized carbons (Fsp3) is 0.550. The van der Waals surface area contributed by atoms with Crippen molar-refractivity contribution >= 4 is 5.97 Å². The summed E-state index contributed by atoms with van der Waals surface area (Å²) in [5.74, 6) is 4.61. The summed E-state index contributed by atoms with van der Waals surface area (Å²) in [6.07, 6.45) is 4.71. The van der Waals surface area contributed by atoms with Crippen LogP contribution in [-0.4, -0.2) is 35.8 Å². The van der Waals surface area contributed by atoms with E-state index in [-0.39, 0.29) is 19.1 Å². The van der Waals surface area contributed by atoms with E-state index in [0.717, 1.165) is 32.1 Å². The van der Waals surface area contributed by atoms with Crippen molar-refractivity contribution < 1.29 is 14.6 Å². The monoisotopic (exact) mass is 358 g/mol. The van der Waals surface area contributed by atoms with Crippen LogP contribution in [-0.2, 0) is 15.1 Å². The zero-order valence-electron chi connectivity index (χ0n) is 15.2. The maximum atomic E-state index is 12.8. The van der Waals surface area contributed by atoms with Crippen molar-refractivity contribution in [2.24, 2.45) is 11.2 Å². The number of benzene rings is 1. The molecule has 0 aromatic heterocycles. The number of nitroso groups, excluding NO2 is 1. The van der Waals surface area contributed by atoms with Crippen molar-refractivity contribution in [1.82, 2.24) is 5.01 Å². The number of hydrogen-bond donors (Lipinski definition) is 1. The van der Waals surface area contributed by atoms with E-state index in [1.54, 1.807) is 19.1 Å². The fourth-order valence-electron chi connectivity index (χ4n) is 3.34. The molecule has 140 valence electrons. The number of nitrogens with zero attached hydrogens (tertiary/aromatic N) is 2. The highest BCUT2D eigenvalue weighted by molar-refractivity contribution is 5.81. The molecular formula is C20H26N2O4. The second-order valence-corrected chi connectivity index (χ2v) is 6.46. The van der Waals surface area contributed by atoms with Crippen molar-refractivity contribution in [3.8, 4) is 11.8 Å². The van der Waals surface area contributed by atoms with E-state index >= 15 is 0 Å². The topological polar surface area (TPSA) is 79.2 Å². The number of rotatable bonds is 7. The van der Waals surface area contributed by atoms with Crippen molar-refractivity contribution in [2.75, 3.05) is 19.7 Å². The van der Waals surface area contributed by atoms with Gasteiger partial charge in [-0.2, -0.15) is 0 Å². The molecule has 6 nitrogen and oxygen atoms in total. The van der Waals surface area contributed by atoms with E-state index < -0.39 is 11.6 Å². The molecule has 1 aliphatic carbocycles. The molecule has 0 heterocycles. The molecule has 0 spiro atoms. The summed E-state index contributed by atoms with van der Waals surface area (Å²) in [5.41, 5.74) is -1.09. The van der Waals surface area contributed by atoms with Crippen LogP contribution in [0.3, 0.4) is 0 Å². The standard InChI is InChI=1S/C20H26N2O4/c1-2-22(21-25)15-9-10-16-26-19(23)20(24,17-11-5-3-6-12-17)18-13-7-4-8-14-18/h3,5-6,11-12,18,24H,2,4,7-8,13-16H2,1H3. The fourth-order valence-corrected chi connectivity index (χ4v) is 3.34. The lowest BCUT2D eigenvalue weighted by Crippen LogP contribution is -2.45. The highest BCUT2D eigenvalue weighted by atomic mass is 16.5. The Morgan fingerprint density at radius 1 is 1.27 bits per heavy atom. The number of esters is 1. The third-order valence-corrected chi connectivity index (χ3v) is 4.86.